The van der Waals surface area contributed by atoms with Crippen LogP contribution in [0.15, 0.2) is 85.3 Å². The fourth-order valence-electron chi connectivity index (χ4n) is 4.42. The Morgan fingerprint density at radius 3 is 1.93 bits per heavy atom. The van der Waals surface area contributed by atoms with Gasteiger partial charge < -0.3 is 42.0 Å². The highest BCUT2D eigenvalue weighted by Crippen LogP contribution is 2.29. The number of fused-ring (bicyclic) bond motifs is 1. The third kappa shape index (κ3) is 14.3. The number of H-pyrrole nitrogens is 1. The van der Waals surface area contributed by atoms with Crippen LogP contribution in [0.25, 0.3) is 0 Å². The summed E-state index contributed by atoms with van der Waals surface area (Å²) in [4.78, 5) is 73.4. The number of hydrogen-bond donors (Lipinski definition) is 7. The quantitative estimate of drug-likeness (QED) is 0.127. The standard InChI is InChI=1S/C16H16N2O3.C14H14N4O2.2C2HF3O2/c17-10-11-5-4-8-13(9-11)15(19)18-14(16(20)21)12-6-2-1-3-7-12;15-14(20)10-2-1-9-3-4-18(12(9)5-10)13(19)6-11-7-16-8-17-11;2*3-2(4,5)1(6)7/h1-9,14H,10,17H2,(H,18,19)(H,20,21);1-2,5,7-8H,3-4,6H2,(H2,15,20)(H,16,17);2*(H,6,7)/t14-;;;/m1.../s1. The molecular formula is C34H32F6N6O9. The van der Waals surface area contributed by atoms with Gasteiger partial charge in [-0.2, -0.15) is 26.3 Å². The predicted molar refractivity (Wildman–Crippen MR) is 179 cm³/mol. The minimum Gasteiger partial charge on any atom is -0.479 e. The number of aliphatic carboxylic acids is 3. The van der Waals surface area contributed by atoms with Crippen LogP contribution in [0.1, 0.15) is 49.1 Å². The Bertz CT molecular complexity index is 1930. The summed E-state index contributed by atoms with van der Waals surface area (Å²) >= 11 is 0. The third-order valence-corrected chi connectivity index (χ3v) is 7.03. The van der Waals surface area contributed by atoms with Crippen molar-refractivity contribution in [1.82, 2.24) is 15.3 Å². The molecule has 0 aliphatic carbocycles. The molecule has 21 heteroatoms. The molecule has 1 aliphatic rings. The van der Waals surface area contributed by atoms with Gasteiger partial charge in [-0.25, -0.2) is 19.4 Å². The number of amides is 3. The number of carbonyl (C=O) groups is 6. The molecule has 5 rings (SSSR count). The van der Waals surface area contributed by atoms with Crippen molar-refractivity contribution in [2.24, 2.45) is 11.5 Å². The number of alkyl halides is 6. The molecule has 294 valence electrons. The van der Waals surface area contributed by atoms with Crippen molar-refractivity contribution in [3.63, 3.8) is 0 Å². The first-order valence-electron chi connectivity index (χ1n) is 15.3. The Kier molecular flexibility index (Phi) is 16.1. The van der Waals surface area contributed by atoms with Crippen LogP contribution in [0.5, 0.6) is 0 Å². The Balaban J connectivity index is 0.000000285. The summed E-state index contributed by atoms with van der Waals surface area (Å²) in [5.74, 6) is -7.57. The van der Waals surface area contributed by atoms with Gasteiger partial charge in [0.2, 0.25) is 11.8 Å². The number of primary amides is 1. The number of nitrogens with one attached hydrogen (secondary N) is 2. The van der Waals surface area contributed by atoms with E-state index < -0.39 is 48.1 Å². The molecule has 1 atom stereocenters. The van der Waals surface area contributed by atoms with Gasteiger partial charge in [0.15, 0.2) is 6.04 Å². The van der Waals surface area contributed by atoms with Gasteiger partial charge in [-0.3, -0.25) is 14.4 Å². The minimum atomic E-state index is -5.08. The number of aromatic amines is 1. The zero-order chi connectivity index (χ0) is 41.5. The van der Waals surface area contributed by atoms with Crippen molar-refractivity contribution in [3.8, 4) is 0 Å². The first-order chi connectivity index (χ1) is 25.6. The van der Waals surface area contributed by atoms with Crippen LogP contribution in [-0.2, 0) is 38.6 Å². The lowest BCUT2D eigenvalue weighted by Gasteiger charge is -2.17. The second kappa shape index (κ2) is 19.9. The fraction of sp³-hybridized carbons (Fsp3) is 0.206. The van der Waals surface area contributed by atoms with E-state index >= 15 is 0 Å². The maximum Gasteiger partial charge on any atom is 0.490 e. The molecule has 0 fully saturated rings. The Labute approximate surface area is 306 Å². The zero-order valence-corrected chi connectivity index (χ0v) is 28.1. The molecule has 3 aromatic carbocycles. The van der Waals surface area contributed by atoms with Crippen molar-refractivity contribution >= 4 is 41.3 Å². The summed E-state index contributed by atoms with van der Waals surface area (Å²) in [6, 6.07) is 19.5. The smallest absolute Gasteiger partial charge is 0.479 e. The van der Waals surface area contributed by atoms with E-state index in [-0.39, 0.29) is 12.3 Å². The van der Waals surface area contributed by atoms with E-state index in [1.165, 1.54) is 0 Å². The van der Waals surface area contributed by atoms with Crippen molar-refractivity contribution in [1.29, 1.82) is 0 Å². The summed E-state index contributed by atoms with van der Waals surface area (Å²) in [6.45, 7) is 0.951. The number of rotatable bonds is 8. The average molecular weight is 783 g/mol. The molecule has 0 unspecified atom stereocenters. The SMILES string of the molecule is NC(=O)c1ccc2c(c1)N(C(=O)Cc1cnc[nH]1)CC2.NCc1cccc(C(=O)N[C@@H](C(=O)O)c2ccccc2)c1.O=C(O)C(F)(F)F.O=C(O)C(F)(F)F. The highest BCUT2D eigenvalue weighted by atomic mass is 19.4. The van der Waals surface area contributed by atoms with Crippen molar-refractivity contribution in [2.75, 3.05) is 11.4 Å². The summed E-state index contributed by atoms with van der Waals surface area (Å²) in [5, 5.41) is 26.1. The Morgan fingerprint density at radius 2 is 1.44 bits per heavy atom. The van der Waals surface area contributed by atoms with Gasteiger partial charge in [0.05, 0.1) is 12.7 Å². The maximum atomic E-state index is 12.3. The second-order valence-corrected chi connectivity index (χ2v) is 10.9. The molecule has 9 N–H and O–H groups in total. The number of benzene rings is 3. The third-order valence-electron chi connectivity index (χ3n) is 7.03. The van der Waals surface area contributed by atoms with Gasteiger partial charge in [-0.1, -0.05) is 48.5 Å². The number of carbonyl (C=O) groups excluding carboxylic acids is 3. The molecule has 55 heavy (non-hydrogen) atoms. The molecule has 0 saturated carbocycles. The predicted octanol–water partition coefficient (Wildman–Crippen LogP) is 3.61. The van der Waals surface area contributed by atoms with E-state index in [9.17, 15) is 50.6 Å². The molecule has 0 bridgehead atoms. The monoisotopic (exact) mass is 782 g/mol. The van der Waals surface area contributed by atoms with Gasteiger partial charge in [0, 0.05) is 41.8 Å². The first kappa shape index (κ1) is 44.4. The van der Waals surface area contributed by atoms with Crippen LogP contribution >= 0.6 is 0 Å². The summed E-state index contributed by atoms with van der Waals surface area (Å²) in [6.07, 6.45) is -5.93. The van der Waals surface area contributed by atoms with Crippen LogP contribution in [0.3, 0.4) is 0 Å². The summed E-state index contributed by atoms with van der Waals surface area (Å²) in [5.41, 5.74) is 15.6. The molecule has 0 radical (unpaired) electrons. The van der Waals surface area contributed by atoms with E-state index in [0.717, 1.165) is 28.9 Å². The number of aromatic nitrogens is 2. The number of carboxylic acid groups (broad SMARTS) is 3. The fourth-order valence-corrected chi connectivity index (χ4v) is 4.42. The van der Waals surface area contributed by atoms with Gasteiger partial charge in [0.25, 0.3) is 5.91 Å². The molecule has 15 nitrogen and oxygen atoms in total. The van der Waals surface area contributed by atoms with E-state index in [1.54, 1.807) is 78.1 Å². The molecule has 0 spiro atoms. The van der Waals surface area contributed by atoms with Crippen molar-refractivity contribution in [2.45, 2.75) is 37.8 Å². The Hall–Kier alpha value is -6.77. The molecular weight excluding hydrogens is 750 g/mol. The van der Waals surface area contributed by atoms with E-state index in [1.807, 2.05) is 12.1 Å². The number of imidazole rings is 1. The highest BCUT2D eigenvalue weighted by Gasteiger charge is 2.39. The van der Waals surface area contributed by atoms with Crippen LogP contribution in [-0.4, -0.2) is 79.8 Å². The van der Waals surface area contributed by atoms with Gasteiger partial charge in [0.1, 0.15) is 0 Å². The normalized spacial score (nSPS) is 12.2. The maximum absolute atomic E-state index is 12.3. The van der Waals surface area contributed by atoms with E-state index in [4.69, 9.17) is 31.3 Å². The molecule has 3 amide bonds. The second-order valence-electron chi connectivity index (χ2n) is 10.9. The first-order valence-corrected chi connectivity index (χ1v) is 15.3. The lowest BCUT2D eigenvalue weighted by Crippen LogP contribution is -2.33. The molecule has 2 heterocycles. The average Bonchev–Trinajstić information content (AvgIpc) is 3.80. The highest BCUT2D eigenvalue weighted by molar-refractivity contribution is 6.00. The van der Waals surface area contributed by atoms with Gasteiger partial charge in [-0.15, -0.1) is 0 Å². The van der Waals surface area contributed by atoms with Crippen LogP contribution < -0.4 is 21.7 Å². The zero-order valence-electron chi connectivity index (χ0n) is 28.1. The number of nitrogens with zero attached hydrogens (tertiary/aromatic N) is 2. The van der Waals surface area contributed by atoms with Gasteiger partial charge >= 0.3 is 30.3 Å². The molecule has 1 aliphatic heterocycles. The lowest BCUT2D eigenvalue weighted by molar-refractivity contribution is -0.193. The van der Waals surface area contributed by atoms with Crippen molar-refractivity contribution in [3.05, 3.63) is 119 Å². The number of halogens is 6. The summed E-state index contributed by atoms with van der Waals surface area (Å²) in [7, 11) is 0. The number of nitrogens with two attached hydrogens (primary N) is 2. The lowest BCUT2D eigenvalue weighted by atomic mass is 10.1. The minimum absolute atomic E-state index is 0.0189. The van der Waals surface area contributed by atoms with Crippen molar-refractivity contribution < 1.29 is 70.4 Å². The number of hydrogen-bond acceptors (Lipinski definition) is 8. The van der Waals surface area contributed by atoms with Crippen LogP contribution in [0.4, 0.5) is 32.0 Å². The topological polar surface area (TPSA) is 259 Å². The molecule has 0 saturated heterocycles. The van der Waals surface area contributed by atoms with Gasteiger partial charge in [-0.05, 0) is 47.4 Å². The molecule has 4 aromatic rings. The number of anilines is 1. The van der Waals surface area contributed by atoms with Crippen LogP contribution in [0, 0.1) is 0 Å². The summed E-state index contributed by atoms with van der Waals surface area (Å²) < 4.78 is 63.5. The Morgan fingerprint density at radius 1 is 0.836 bits per heavy atom. The van der Waals surface area contributed by atoms with E-state index in [0.29, 0.717) is 29.8 Å². The van der Waals surface area contributed by atoms with E-state index in [2.05, 4.69) is 15.3 Å². The molecule has 1 aromatic heterocycles. The number of carboxylic acids is 3. The largest absolute Gasteiger partial charge is 0.490 e. The van der Waals surface area contributed by atoms with Crippen LogP contribution in [0.2, 0.25) is 0 Å².